The molecule has 56 heavy (non-hydrogen) atoms. The number of rotatable bonds is 3. The third-order valence-corrected chi connectivity index (χ3v) is 10.8. The summed E-state index contributed by atoms with van der Waals surface area (Å²) in [6.07, 6.45) is 0. The Morgan fingerprint density at radius 2 is 0.661 bits per heavy atom. The van der Waals surface area contributed by atoms with Crippen molar-refractivity contribution in [2.45, 2.75) is 0 Å². The van der Waals surface area contributed by atoms with Gasteiger partial charge in [0.1, 0.15) is 11.5 Å². The van der Waals surface area contributed by atoms with Crippen molar-refractivity contribution in [3.63, 3.8) is 0 Å². The molecule has 0 aromatic heterocycles. The van der Waals surface area contributed by atoms with Crippen LogP contribution in [0.25, 0.3) is 97.3 Å². The second-order valence-corrected chi connectivity index (χ2v) is 19.1. The number of methoxy groups -OCH3 is 2. The summed E-state index contributed by atoms with van der Waals surface area (Å²) >= 11 is -1.33. The first-order valence-electron chi connectivity index (χ1n) is 18.1. The van der Waals surface area contributed by atoms with Crippen LogP contribution in [0.4, 0.5) is 0 Å². The third kappa shape index (κ3) is 6.31. The first kappa shape index (κ1) is 36.4. The molecule has 11 rings (SSSR count). The van der Waals surface area contributed by atoms with Crippen molar-refractivity contribution in [2.24, 2.45) is 0 Å². The molecule has 0 radical (unpaired) electrons. The molecule has 0 spiro atoms. The fourth-order valence-corrected chi connectivity index (χ4v) is 8.59. The molecule has 0 fully saturated rings. The molecule has 275 valence electrons. The molecule has 2 nitrogen and oxygen atoms in total. The Morgan fingerprint density at radius 3 is 1.14 bits per heavy atom. The zero-order chi connectivity index (χ0) is 38.3. The molecule has 0 saturated carbocycles. The van der Waals surface area contributed by atoms with Crippen LogP contribution < -0.4 is 9.47 Å². The van der Waals surface area contributed by atoms with E-state index in [1.54, 1.807) is 14.2 Å². The van der Waals surface area contributed by atoms with E-state index in [2.05, 4.69) is 164 Å². The van der Waals surface area contributed by atoms with Gasteiger partial charge in [0, 0.05) is 0 Å². The Balaban J connectivity index is 0.000000134. The van der Waals surface area contributed by atoms with Gasteiger partial charge in [0.25, 0.3) is 0 Å². The summed E-state index contributed by atoms with van der Waals surface area (Å²) < 4.78 is 11.0. The molecule has 0 aliphatic heterocycles. The summed E-state index contributed by atoms with van der Waals surface area (Å²) in [5.74, 6) is 1.78. The van der Waals surface area contributed by atoms with Crippen LogP contribution in [0.15, 0.2) is 170 Å². The topological polar surface area (TPSA) is 18.5 Å². The summed E-state index contributed by atoms with van der Waals surface area (Å²) in [4.78, 5) is 0. The van der Waals surface area contributed by atoms with Crippen LogP contribution in [0, 0.1) is 0 Å². The van der Waals surface area contributed by atoms with Crippen LogP contribution >= 0.6 is 30.3 Å². The molecule has 0 saturated heterocycles. The molecular weight excluding hydrogens is 795 g/mol. The normalized spacial score (nSPS) is 11.6. The summed E-state index contributed by atoms with van der Waals surface area (Å²) in [7, 11) is 18.1. The molecule has 0 bridgehead atoms. The first-order valence-corrected chi connectivity index (χ1v) is 22.7. The molecule has 11 aromatic rings. The zero-order valence-corrected chi connectivity index (χ0v) is 33.8. The van der Waals surface area contributed by atoms with Crippen molar-refractivity contribution in [2.75, 3.05) is 14.2 Å². The Hall–Kier alpha value is -5.25. The minimum absolute atomic E-state index is 0.879. The molecule has 6 heteroatoms. The number of fused-ring (bicyclic) bond motifs is 12. The van der Waals surface area contributed by atoms with E-state index >= 15 is 0 Å². The predicted molar refractivity (Wildman–Crippen MR) is 240 cm³/mol. The van der Waals surface area contributed by atoms with Crippen LogP contribution in [0.5, 0.6) is 11.5 Å². The van der Waals surface area contributed by atoms with E-state index in [9.17, 15) is 0 Å². The molecular formula is C50H34Cl3FeO2. The molecule has 0 amide bonds. The summed E-state index contributed by atoms with van der Waals surface area (Å²) in [6, 6.07) is 60.8. The monoisotopic (exact) mass is 827 g/mol. The van der Waals surface area contributed by atoms with Gasteiger partial charge in [0.2, 0.25) is 0 Å². The van der Waals surface area contributed by atoms with Crippen LogP contribution in [0.2, 0.25) is 0 Å². The van der Waals surface area contributed by atoms with Crippen molar-refractivity contribution in [1.82, 2.24) is 0 Å². The van der Waals surface area contributed by atoms with Crippen molar-refractivity contribution in [1.29, 1.82) is 0 Å². The summed E-state index contributed by atoms with van der Waals surface area (Å²) in [6.45, 7) is 0. The maximum absolute atomic E-state index is 5.51. The van der Waals surface area contributed by atoms with Crippen LogP contribution in [-0.4, -0.2) is 14.2 Å². The molecule has 0 aliphatic carbocycles. The van der Waals surface area contributed by atoms with E-state index in [-0.39, 0.29) is 0 Å². The van der Waals surface area contributed by atoms with E-state index in [4.69, 9.17) is 39.8 Å². The van der Waals surface area contributed by atoms with Gasteiger partial charge < -0.3 is 9.47 Å². The van der Waals surface area contributed by atoms with E-state index < -0.39 is 11.2 Å². The second-order valence-electron chi connectivity index (χ2n) is 13.6. The van der Waals surface area contributed by atoms with Gasteiger partial charge in [0.15, 0.2) is 0 Å². The molecule has 11 aromatic carbocycles. The molecule has 0 N–H and O–H groups in total. The predicted octanol–water partition coefficient (Wildman–Crippen LogP) is 15.8. The average Bonchev–Trinajstić information content (AvgIpc) is 3.25. The number of halogens is 3. The first-order chi connectivity index (χ1) is 27.5. The van der Waals surface area contributed by atoms with Crippen LogP contribution in [0.3, 0.4) is 0 Å². The molecule has 0 heterocycles. The summed E-state index contributed by atoms with van der Waals surface area (Å²) in [5.41, 5.74) is 2.42. The van der Waals surface area contributed by atoms with E-state index in [1.165, 1.54) is 97.3 Å². The standard InChI is InChI=1S/C25H16O.C25H18O.3ClH.Fe/c1-26-15-12-13-18-21-10-4-8-19-16-6-2-3-7-17(16)20-9-5-11-22(23(18)14-15)25(20)24(19)21;1-26-18-9-6-8-17(16-18)19-14-7-15-24-22-11-3-2-10-20(22)21-12-4-5-13-23(21)25(19)24;;;;/h2-14H,1H3;2-16H,1H3;3*1H;/q;;;;;+3/p-3. The number of benzene rings is 11. The fourth-order valence-electron chi connectivity index (χ4n) is 8.59. The van der Waals surface area contributed by atoms with E-state index in [0.717, 1.165) is 11.5 Å². The van der Waals surface area contributed by atoms with Crippen LogP contribution in [0.1, 0.15) is 0 Å². The Bertz CT molecular complexity index is 3190. The second kappa shape index (κ2) is 15.4. The Morgan fingerprint density at radius 1 is 0.321 bits per heavy atom. The quantitative estimate of drug-likeness (QED) is 0.100. The van der Waals surface area contributed by atoms with E-state index in [1.807, 2.05) is 6.07 Å². The van der Waals surface area contributed by atoms with Gasteiger partial charge in [-0.05, 0) is 122 Å². The van der Waals surface area contributed by atoms with Gasteiger partial charge >= 0.3 is 41.5 Å². The van der Waals surface area contributed by atoms with Crippen molar-refractivity contribution >= 4 is 116 Å². The van der Waals surface area contributed by atoms with Gasteiger partial charge in [-0.2, -0.15) is 0 Å². The molecule has 0 atom stereocenters. The third-order valence-electron chi connectivity index (χ3n) is 10.8. The van der Waals surface area contributed by atoms with E-state index in [0.29, 0.717) is 0 Å². The SMILES string of the molecule is COc1ccc2c(c1)c1cccc3c4ccccc4c4cccc2c4c31.COc1cccc(-c2cccc3c4ccccc4c4ccccc4c23)c1.[Cl][Fe]([Cl])[Cl]. The number of ether oxygens (including phenoxy) is 2. The van der Waals surface area contributed by atoms with Gasteiger partial charge in [-0.15, -0.1) is 0 Å². The van der Waals surface area contributed by atoms with Crippen molar-refractivity contribution < 1.29 is 20.6 Å². The zero-order valence-electron chi connectivity index (χ0n) is 30.5. The molecule has 0 unspecified atom stereocenters. The summed E-state index contributed by atoms with van der Waals surface area (Å²) in [5, 5.41) is 21.0. The number of hydrogen-bond donors (Lipinski definition) is 0. The minimum atomic E-state index is -1.33. The van der Waals surface area contributed by atoms with Crippen molar-refractivity contribution in [3.8, 4) is 22.6 Å². The molecule has 0 aliphatic rings. The van der Waals surface area contributed by atoms with Gasteiger partial charge in [-0.25, -0.2) is 0 Å². The maximum atomic E-state index is 5.51. The average molecular weight is 829 g/mol. The number of hydrogen-bond acceptors (Lipinski definition) is 2. The van der Waals surface area contributed by atoms with Crippen molar-refractivity contribution in [3.05, 3.63) is 170 Å². The van der Waals surface area contributed by atoms with Crippen LogP contribution in [-0.2, 0) is 11.2 Å². The Labute approximate surface area is 341 Å². The van der Waals surface area contributed by atoms with Gasteiger partial charge in [-0.1, -0.05) is 146 Å². The van der Waals surface area contributed by atoms with Gasteiger partial charge in [-0.3, -0.25) is 0 Å². The fraction of sp³-hybridized carbons (Fsp3) is 0.0400. The van der Waals surface area contributed by atoms with Gasteiger partial charge in [0.05, 0.1) is 14.2 Å². The Kier molecular flexibility index (Phi) is 9.98.